The summed E-state index contributed by atoms with van der Waals surface area (Å²) >= 11 is 5.21. The third-order valence-corrected chi connectivity index (χ3v) is 4.60. The standard InChI is InChI=1S/C15H17BrFNS/c1-3-18-14(9-13-4-5-15(16)19-13)11-6-10(2)7-12(17)8-11/h4-8,14,18H,3,9H2,1-2H3. The smallest absolute Gasteiger partial charge is 0.123 e. The summed E-state index contributed by atoms with van der Waals surface area (Å²) in [5.41, 5.74) is 1.98. The molecule has 19 heavy (non-hydrogen) atoms. The van der Waals surface area contributed by atoms with Crippen LogP contribution in [-0.2, 0) is 6.42 Å². The first kappa shape index (κ1) is 14.7. The van der Waals surface area contributed by atoms with E-state index >= 15 is 0 Å². The third kappa shape index (κ3) is 4.13. The van der Waals surface area contributed by atoms with Gasteiger partial charge in [0.05, 0.1) is 3.79 Å². The summed E-state index contributed by atoms with van der Waals surface area (Å²) in [4.78, 5) is 1.29. The zero-order valence-corrected chi connectivity index (χ0v) is 13.4. The highest BCUT2D eigenvalue weighted by Crippen LogP contribution is 2.27. The average Bonchev–Trinajstić information content (AvgIpc) is 2.73. The predicted molar refractivity (Wildman–Crippen MR) is 83.3 cm³/mol. The van der Waals surface area contributed by atoms with Crippen molar-refractivity contribution >= 4 is 27.3 Å². The first-order valence-corrected chi connectivity index (χ1v) is 7.94. The van der Waals surface area contributed by atoms with E-state index in [1.807, 2.05) is 6.92 Å². The highest BCUT2D eigenvalue weighted by Gasteiger charge is 2.13. The van der Waals surface area contributed by atoms with Gasteiger partial charge in [0.2, 0.25) is 0 Å². The first-order valence-electron chi connectivity index (χ1n) is 6.33. The Morgan fingerprint density at radius 3 is 2.68 bits per heavy atom. The van der Waals surface area contributed by atoms with Gasteiger partial charge >= 0.3 is 0 Å². The van der Waals surface area contributed by atoms with Crippen molar-refractivity contribution < 1.29 is 4.39 Å². The molecule has 0 fully saturated rings. The molecule has 2 aromatic rings. The maximum Gasteiger partial charge on any atom is 0.123 e. The molecule has 0 amide bonds. The van der Waals surface area contributed by atoms with Crippen molar-refractivity contribution in [2.24, 2.45) is 0 Å². The van der Waals surface area contributed by atoms with Gasteiger partial charge < -0.3 is 5.32 Å². The van der Waals surface area contributed by atoms with E-state index in [9.17, 15) is 4.39 Å². The van der Waals surface area contributed by atoms with Crippen LogP contribution >= 0.6 is 27.3 Å². The van der Waals surface area contributed by atoms with Crippen molar-refractivity contribution in [1.82, 2.24) is 5.32 Å². The second kappa shape index (κ2) is 6.64. The van der Waals surface area contributed by atoms with Gasteiger partial charge in [-0.25, -0.2) is 4.39 Å². The molecular formula is C15H17BrFNS. The molecule has 1 N–H and O–H groups in total. The van der Waals surface area contributed by atoms with Gasteiger partial charge in [-0.15, -0.1) is 11.3 Å². The second-order valence-corrected chi connectivity index (χ2v) is 7.13. The molecule has 1 heterocycles. The lowest BCUT2D eigenvalue weighted by Gasteiger charge is -2.18. The van der Waals surface area contributed by atoms with Gasteiger partial charge in [0.15, 0.2) is 0 Å². The lowest BCUT2D eigenvalue weighted by molar-refractivity contribution is 0.545. The Morgan fingerprint density at radius 2 is 2.11 bits per heavy atom. The van der Waals surface area contributed by atoms with Gasteiger partial charge in [-0.2, -0.15) is 0 Å². The quantitative estimate of drug-likeness (QED) is 0.819. The van der Waals surface area contributed by atoms with E-state index in [0.29, 0.717) is 0 Å². The zero-order chi connectivity index (χ0) is 13.8. The molecule has 1 nitrogen and oxygen atoms in total. The molecule has 0 aliphatic rings. The topological polar surface area (TPSA) is 12.0 Å². The Morgan fingerprint density at radius 1 is 1.32 bits per heavy atom. The molecule has 0 aliphatic heterocycles. The predicted octanol–water partition coefficient (Wildman–Crippen LogP) is 4.85. The molecule has 1 unspecified atom stereocenters. The van der Waals surface area contributed by atoms with Crippen LogP contribution in [0.25, 0.3) is 0 Å². The number of benzene rings is 1. The minimum atomic E-state index is -0.162. The molecule has 0 saturated carbocycles. The zero-order valence-electron chi connectivity index (χ0n) is 11.0. The van der Waals surface area contributed by atoms with E-state index in [2.05, 4.69) is 46.4 Å². The average molecular weight is 342 g/mol. The fourth-order valence-electron chi connectivity index (χ4n) is 2.18. The molecule has 1 atom stereocenters. The Hall–Kier alpha value is -0.710. The van der Waals surface area contributed by atoms with E-state index in [1.165, 1.54) is 4.88 Å². The summed E-state index contributed by atoms with van der Waals surface area (Å²) in [7, 11) is 0. The molecule has 0 radical (unpaired) electrons. The lowest BCUT2D eigenvalue weighted by Crippen LogP contribution is -2.22. The summed E-state index contributed by atoms with van der Waals surface area (Å²) in [5.74, 6) is -0.162. The van der Waals surface area contributed by atoms with E-state index < -0.39 is 0 Å². The molecule has 0 aliphatic carbocycles. The molecule has 4 heteroatoms. The summed E-state index contributed by atoms with van der Waals surface area (Å²) in [6.07, 6.45) is 0.882. The summed E-state index contributed by atoms with van der Waals surface area (Å²) in [5, 5.41) is 3.44. The Bertz CT molecular complexity index is 533. The number of hydrogen-bond donors (Lipinski definition) is 1. The van der Waals surface area contributed by atoms with Gasteiger partial charge in [0, 0.05) is 17.3 Å². The van der Waals surface area contributed by atoms with Gasteiger partial charge in [-0.05, 0) is 64.8 Å². The number of nitrogens with one attached hydrogen (secondary N) is 1. The molecule has 0 bridgehead atoms. The molecular weight excluding hydrogens is 325 g/mol. The van der Waals surface area contributed by atoms with Gasteiger partial charge in [-0.1, -0.05) is 13.0 Å². The van der Waals surface area contributed by atoms with Crippen molar-refractivity contribution in [3.8, 4) is 0 Å². The highest BCUT2D eigenvalue weighted by molar-refractivity contribution is 9.11. The molecule has 1 aromatic heterocycles. The number of thiophene rings is 1. The first-order chi connectivity index (χ1) is 9.08. The summed E-state index contributed by atoms with van der Waals surface area (Å²) in [6, 6.07) is 9.58. The lowest BCUT2D eigenvalue weighted by atomic mass is 10.0. The van der Waals surface area contributed by atoms with Crippen molar-refractivity contribution in [3.05, 3.63) is 55.9 Å². The number of likely N-dealkylation sites (N-methyl/N-ethyl adjacent to an activating group) is 1. The minimum absolute atomic E-state index is 0.157. The third-order valence-electron chi connectivity index (χ3n) is 2.95. The number of hydrogen-bond acceptors (Lipinski definition) is 2. The van der Waals surface area contributed by atoms with Crippen LogP contribution < -0.4 is 5.32 Å². The van der Waals surface area contributed by atoms with Crippen LogP contribution in [0.3, 0.4) is 0 Å². The van der Waals surface area contributed by atoms with Gasteiger partial charge in [0.1, 0.15) is 5.82 Å². The van der Waals surface area contributed by atoms with Gasteiger partial charge in [-0.3, -0.25) is 0 Å². The van der Waals surface area contributed by atoms with Crippen molar-refractivity contribution in [1.29, 1.82) is 0 Å². The maximum absolute atomic E-state index is 13.5. The monoisotopic (exact) mass is 341 g/mol. The summed E-state index contributed by atoms with van der Waals surface area (Å²) in [6.45, 7) is 4.87. The fraction of sp³-hybridized carbons (Fsp3) is 0.333. The van der Waals surface area contributed by atoms with Crippen LogP contribution in [0.15, 0.2) is 34.1 Å². The van der Waals surface area contributed by atoms with E-state index in [0.717, 1.165) is 27.9 Å². The molecule has 0 spiro atoms. The fourth-order valence-corrected chi connectivity index (χ4v) is 3.71. The Balaban J connectivity index is 2.23. The Kier molecular flexibility index (Phi) is 5.13. The van der Waals surface area contributed by atoms with Crippen molar-refractivity contribution in [3.63, 3.8) is 0 Å². The molecule has 2 rings (SSSR count). The van der Waals surface area contributed by atoms with E-state index in [-0.39, 0.29) is 11.9 Å². The van der Waals surface area contributed by atoms with Crippen LogP contribution in [0.4, 0.5) is 4.39 Å². The van der Waals surface area contributed by atoms with Gasteiger partial charge in [0.25, 0.3) is 0 Å². The van der Waals surface area contributed by atoms with Crippen LogP contribution in [0.1, 0.15) is 29.0 Å². The molecule has 102 valence electrons. The molecule has 1 aromatic carbocycles. The summed E-state index contributed by atoms with van der Waals surface area (Å²) < 4.78 is 14.7. The van der Waals surface area contributed by atoms with Crippen molar-refractivity contribution in [2.75, 3.05) is 6.54 Å². The minimum Gasteiger partial charge on any atom is -0.310 e. The van der Waals surface area contributed by atoms with Crippen LogP contribution in [0.2, 0.25) is 0 Å². The van der Waals surface area contributed by atoms with Crippen LogP contribution in [-0.4, -0.2) is 6.54 Å². The number of aryl methyl sites for hydroxylation is 1. The van der Waals surface area contributed by atoms with Crippen LogP contribution in [0, 0.1) is 12.7 Å². The normalized spacial score (nSPS) is 12.6. The highest BCUT2D eigenvalue weighted by atomic mass is 79.9. The SMILES string of the molecule is CCNC(Cc1ccc(Br)s1)c1cc(C)cc(F)c1. The maximum atomic E-state index is 13.5. The number of rotatable bonds is 5. The largest absolute Gasteiger partial charge is 0.310 e. The second-order valence-electron chi connectivity index (χ2n) is 4.58. The van der Waals surface area contributed by atoms with E-state index in [1.54, 1.807) is 23.5 Å². The van der Waals surface area contributed by atoms with E-state index in [4.69, 9.17) is 0 Å². The Labute approximate surface area is 126 Å². The number of halogens is 2. The van der Waals surface area contributed by atoms with Crippen LogP contribution in [0.5, 0.6) is 0 Å². The molecule has 0 saturated heterocycles. The van der Waals surface area contributed by atoms with Crippen molar-refractivity contribution in [2.45, 2.75) is 26.3 Å².